The molecule has 3 aromatic heterocycles. The third-order valence-corrected chi connectivity index (χ3v) is 6.52. The van der Waals surface area contributed by atoms with Gasteiger partial charge in [0.2, 0.25) is 5.95 Å². The van der Waals surface area contributed by atoms with E-state index in [-0.39, 0.29) is 41.6 Å². The largest absolute Gasteiger partial charge is 0.326 e. The summed E-state index contributed by atoms with van der Waals surface area (Å²) in [6.07, 6.45) is 2.40. The number of rotatable bonds is 6. The maximum Gasteiger partial charge on any atom is 0.250 e. The van der Waals surface area contributed by atoms with Gasteiger partial charge in [0.1, 0.15) is 22.9 Å². The molecule has 1 aromatic carbocycles. The summed E-state index contributed by atoms with van der Waals surface area (Å²) >= 11 is 0. The van der Waals surface area contributed by atoms with Crippen LogP contribution < -0.4 is 5.32 Å². The molecule has 0 saturated carbocycles. The second-order valence-electron chi connectivity index (χ2n) is 9.65. The SMILES string of the molecule is Cc1nc2c(F)cc(-c3nc(Nc4ccc(CN5CCC(F)(F)CC5)cn4)ncc3F)cc2n1C(C)C. The van der Waals surface area contributed by atoms with Crippen LogP contribution in [0.25, 0.3) is 22.3 Å². The monoisotopic (exact) mass is 513 g/mol. The van der Waals surface area contributed by atoms with Crippen molar-refractivity contribution in [2.24, 2.45) is 0 Å². The van der Waals surface area contributed by atoms with Crippen molar-refractivity contribution in [3.63, 3.8) is 0 Å². The molecule has 0 atom stereocenters. The Morgan fingerprint density at radius 1 is 1.00 bits per heavy atom. The molecule has 0 radical (unpaired) electrons. The van der Waals surface area contributed by atoms with E-state index in [2.05, 4.69) is 25.3 Å². The lowest BCUT2D eigenvalue weighted by Gasteiger charge is -2.31. The van der Waals surface area contributed by atoms with E-state index in [1.54, 1.807) is 25.3 Å². The van der Waals surface area contributed by atoms with Gasteiger partial charge in [-0.1, -0.05) is 6.07 Å². The first-order valence-corrected chi connectivity index (χ1v) is 12.1. The van der Waals surface area contributed by atoms with Gasteiger partial charge in [-0.15, -0.1) is 0 Å². The summed E-state index contributed by atoms with van der Waals surface area (Å²) in [4.78, 5) is 18.9. The molecular formula is C26H27F4N7. The van der Waals surface area contributed by atoms with Crippen molar-refractivity contribution < 1.29 is 17.6 Å². The first-order valence-electron chi connectivity index (χ1n) is 12.1. The number of nitrogens with zero attached hydrogens (tertiary/aromatic N) is 6. The molecule has 37 heavy (non-hydrogen) atoms. The number of imidazole rings is 1. The minimum Gasteiger partial charge on any atom is -0.326 e. The molecule has 5 rings (SSSR count). The molecule has 0 unspecified atom stereocenters. The molecule has 0 amide bonds. The Morgan fingerprint density at radius 3 is 2.43 bits per heavy atom. The number of alkyl halides is 2. The molecule has 0 aliphatic carbocycles. The molecular weight excluding hydrogens is 486 g/mol. The topological polar surface area (TPSA) is 71.8 Å². The minimum atomic E-state index is -2.58. The Morgan fingerprint density at radius 2 is 1.76 bits per heavy atom. The molecule has 1 fully saturated rings. The standard InChI is InChI=1S/C26H27F4N7/c1-15(2)37-16(3)33-24-19(27)10-18(11-21(24)37)23-20(28)13-32-25(35-23)34-22-5-4-17(12-31-22)14-36-8-6-26(29,30)7-9-36/h4-5,10-13,15H,6-9,14H2,1-3H3,(H,31,32,34,35). The van der Waals surface area contributed by atoms with Crippen LogP contribution in [0.2, 0.25) is 0 Å². The van der Waals surface area contributed by atoms with Crippen molar-refractivity contribution in [1.29, 1.82) is 0 Å². The third kappa shape index (κ3) is 5.27. The number of aromatic nitrogens is 5. The van der Waals surface area contributed by atoms with Crippen LogP contribution in [0, 0.1) is 18.6 Å². The Kier molecular flexibility index (Phi) is 6.57. The average Bonchev–Trinajstić information content (AvgIpc) is 3.19. The Balaban J connectivity index is 1.36. The number of anilines is 2. The second-order valence-corrected chi connectivity index (χ2v) is 9.65. The highest BCUT2D eigenvalue weighted by Gasteiger charge is 2.33. The van der Waals surface area contributed by atoms with Gasteiger partial charge in [-0.25, -0.2) is 37.5 Å². The zero-order chi connectivity index (χ0) is 26.3. The predicted molar refractivity (Wildman–Crippen MR) is 133 cm³/mol. The number of hydrogen-bond donors (Lipinski definition) is 1. The zero-order valence-electron chi connectivity index (χ0n) is 20.8. The zero-order valence-corrected chi connectivity index (χ0v) is 20.8. The van der Waals surface area contributed by atoms with Crippen LogP contribution >= 0.6 is 0 Å². The first-order chi connectivity index (χ1) is 17.6. The first kappa shape index (κ1) is 25.1. The van der Waals surface area contributed by atoms with E-state index in [0.717, 1.165) is 11.8 Å². The van der Waals surface area contributed by atoms with Crippen molar-refractivity contribution >= 4 is 22.8 Å². The minimum absolute atomic E-state index is 0.0389. The lowest BCUT2D eigenvalue weighted by Crippen LogP contribution is -2.38. The van der Waals surface area contributed by atoms with E-state index in [0.29, 0.717) is 36.8 Å². The van der Waals surface area contributed by atoms with Gasteiger partial charge >= 0.3 is 0 Å². The maximum absolute atomic E-state index is 14.9. The Labute approximate surface area is 211 Å². The molecule has 4 aromatic rings. The van der Waals surface area contributed by atoms with Crippen molar-refractivity contribution in [1.82, 2.24) is 29.4 Å². The van der Waals surface area contributed by atoms with E-state index in [4.69, 9.17) is 0 Å². The van der Waals surface area contributed by atoms with Crippen LogP contribution in [0.4, 0.5) is 29.3 Å². The summed E-state index contributed by atoms with van der Waals surface area (Å²) in [6, 6.07) is 6.49. The van der Waals surface area contributed by atoms with Crippen LogP contribution in [0.1, 0.15) is 44.1 Å². The molecule has 7 nitrogen and oxygen atoms in total. The van der Waals surface area contributed by atoms with Crippen LogP contribution in [0.15, 0.2) is 36.7 Å². The fourth-order valence-electron chi connectivity index (χ4n) is 4.69. The molecule has 0 bridgehead atoms. The summed E-state index contributed by atoms with van der Waals surface area (Å²) < 4.78 is 58.3. The van der Waals surface area contributed by atoms with Crippen LogP contribution in [-0.4, -0.2) is 48.4 Å². The van der Waals surface area contributed by atoms with Gasteiger partial charge in [0.05, 0.1) is 11.7 Å². The summed E-state index contributed by atoms with van der Waals surface area (Å²) in [7, 11) is 0. The quantitative estimate of drug-likeness (QED) is 0.318. The smallest absolute Gasteiger partial charge is 0.250 e. The predicted octanol–water partition coefficient (Wildman–Crippen LogP) is 6.03. The van der Waals surface area contributed by atoms with E-state index in [1.165, 1.54) is 6.07 Å². The highest BCUT2D eigenvalue weighted by Crippen LogP contribution is 2.31. The Bertz CT molecular complexity index is 1420. The van der Waals surface area contributed by atoms with Gasteiger partial charge < -0.3 is 9.88 Å². The average molecular weight is 514 g/mol. The second kappa shape index (κ2) is 9.70. The maximum atomic E-state index is 14.9. The number of benzene rings is 1. The van der Waals surface area contributed by atoms with E-state index >= 15 is 0 Å². The molecule has 194 valence electrons. The van der Waals surface area contributed by atoms with Gasteiger partial charge in [-0.3, -0.25) is 4.90 Å². The highest BCUT2D eigenvalue weighted by molar-refractivity contribution is 5.83. The van der Waals surface area contributed by atoms with Crippen molar-refractivity contribution in [2.75, 3.05) is 18.4 Å². The lowest BCUT2D eigenvalue weighted by molar-refractivity contribution is -0.0566. The van der Waals surface area contributed by atoms with Gasteiger partial charge in [0, 0.05) is 50.3 Å². The summed E-state index contributed by atoms with van der Waals surface area (Å²) in [5, 5.41) is 2.94. The van der Waals surface area contributed by atoms with Crippen molar-refractivity contribution in [2.45, 2.75) is 52.1 Å². The molecule has 1 saturated heterocycles. The molecule has 11 heteroatoms. The highest BCUT2D eigenvalue weighted by atomic mass is 19.3. The lowest BCUT2D eigenvalue weighted by atomic mass is 10.1. The number of likely N-dealkylation sites (tertiary alicyclic amines) is 1. The molecule has 1 aliphatic rings. The fourth-order valence-corrected chi connectivity index (χ4v) is 4.69. The molecule has 1 aliphatic heterocycles. The van der Waals surface area contributed by atoms with Gasteiger partial charge in [-0.05, 0) is 44.5 Å². The molecule has 0 spiro atoms. The van der Waals surface area contributed by atoms with Crippen LogP contribution in [0.3, 0.4) is 0 Å². The van der Waals surface area contributed by atoms with Gasteiger partial charge in [-0.2, -0.15) is 0 Å². The van der Waals surface area contributed by atoms with Crippen molar-refractivity contribution in [3.8, 4) is 11.3 Å². The molecule has 1 N–H and O–H groups in total. The van der Waals surface area contributed by atoms with Gasteiger partial charge in [0.25, 0.3) is 5.92 Å². The third-order valence-electron chi connectivity index (χ3n) is 6.52. The Hall–Kier alpha value is -3.60. The number of fused-ring (bicyclic) bond motifs is 1. The number of hydrogen-bond acceptors (Lipinski definition) is 6. The van der Waals surface area contributed by atoms with E-state index < -0.39 is 17.6 Å². The summed E-state index contributed by atoms with van der Waals surface area (Å²) in [6.45, 7) is 6.94. The summed E-state index contributed by atoms with van der Waals surface area (Å²) in [5.41, 5.74) is 1.89. The van der Waals surface area contributed by atoms with E-state index in [9.17, 15) is 17.6 Å². The number of piperidine rings is 1. The fraction of sp³-hybridized carbons (Fsp3) is 0.385. The molecule has 4 heterocycles. The normalized spacial score (nSPS) is 16.0. The number of aryl methyl sites for hydroxylation is 1. The van der Waals surface area contributed by atoms with Gasteiger partial charge in [0.15, 0.2) is 11.6 Å². The van der Waals surface area contributed by atoms with E-state index in [1.807, 2.05) is 29.4 Å². The van der Waals surface area contributed by atoms with Crippen LogP contribution in [-0.2, 0) is 6.54 Å². The number of halogens is 4. The number of nitrogens with one attached hydrogen (secondary N) is 1. The summed E-state index contributed by atoms with van der Waals surface area (Å²) in [5.74, 6) is -2.63. The van der Waals surface area contributed by atoms with Crippen LogP contribution in [0.5, 0.6) is 0 Å². The number of pyridine rings is 1. The van der Waals surface area contributed by atoms with Crippen molar-refractivity contribution in [3.05, 3.63) is 59.7 Å².